The molecule has 0 unspecified atom stereocenters. The summed E-state index contributed by atoms with van der Waals surface area (Å²) >= 11 is 0. The third-order valence-electron chi connectivity index (χ3n) is 2.84. The second-order valence-electron chi connectivity index (χ2n) is 4.42. The smallest absolute Gasteiger partial charge is 0.326 e. The Labute approximate surface area is 120 Å². The summed E-state index contributed by atoms with van der Waals surface area (Å²) < 4.78 is 1.67. The number of carboxylic acids is 2. The maximum absolute atomic E-state index is 11.6. The lowest BCUT2D eigenvalue weighted by Crippen LogP contribution is -2.46. The average molecular weight is 298 g/mol. The Hall–Kier alpha value is -2.58. The van der Waals surface area contributed by atoms with E-state index in [0.29, 0.717) is 13.0 Å². The first-order chi connectivity index (χ1) is 9.90. The van der Waals surface area contributed by atoms with Crippen LogP contribution in [0.15, 0.2) is 12.3 Å². The van der Waals surface area contributed by atoms with Gasteiger partial charge in [-0.25, -0.2) is 9.59 Å². The van der Waals surface area contributed by atoms with Crippen LogP contribution < -0.4 is 10.6 Å². The normalized spacial score (nSPS) is 11.7. The maximum atomic E-state index is 11.6. The number of rotatable bonds is 8. The van der Waals surface area contributed by atoms with Crippen LogP contribution >= 0.6 is 0 Å². The minimum absolute atomic E-state index is 0.167. The van der Waals surface area contributed by atoms with Crippen molar-refractivity contribution in [1.82, 2.24) is 20.4 Å². The van der Waals surface area contributed by atoms with E-state index in [1.165, 1.54) is 0 Å². The number of amides is 2. The molecule has 1 aromatic heterocycles. The number of aliphatic carboxylic acids is 2. The molecule has 2 amide bonds. The van der Waals surface area contributed by atoms with E-state index in [0.717, 1.165) is 5.69 Å². The van der Waals surface area contributed by atoms with Gasteiger partial charge in [-0.3, -0.25) is 9.48 Å². The van der Waals surface area contributed by atoms with Crippen LogP contribution in [-0.2, 0) is 23.1 Å². The van der Waals surface area contributed by atoms with Crippen LogP contribution in [0.4, 0.5) is 4.79 Å². The Balaban J connectivity index is 2.34. The number of carbonyl (C=O) groups is 3. The molecule has 0 aromatic carbocycles. The number of carboxylic acid groups (broad SMARTS) is 2. The molecule has 0 fully saturated rings. The molecule has 0 aliphatic rings. The van der Waals surface area contributed by atoms with E-state index in [2.05, 4.69) is 15.7 Å². The molecular formula is C12H18N4O5. The maximum Gasteiger partial charge on any atom is 0.326 e. The monoisotopic (exact) mass is 298 g/mol. The molecule has 1 aromatic rings. The van der Waals surface area contributed by atoms with Crippen LogP contribution in [0.25, 0.3) is 0 Å². The summed E-state index contributed by atoms with van der Waals surface area (Å²) in [6.07, 6.45) is 1.70. The third-order valence-corrected chi connectivity index (χ3v) is 2.84. The Morgan fingerprint density at radius 2 is 2.10 bits per heavy atom. The summed E-state index contributed by atoms with van der Waals surface area (Å²) in [6.45, 7) is 0.316. The zero-order chi connectivity index (χ0) is 15.8. The van der Waals surface area contributed by atoms with Gasteiger partial charge in [0.2, 0.25) is 0 Å². The van der Waals surface area contributed by atoms with Crippen molar-refractivity contribution >= 4 is 18.0 Å². The first kappa shape index (κ1) is 16.5. The van der Waals surface area contributed by atoms with Crippen LogP contribution in [0.1, 0.15) is 18.5 Å². The van der Waals surface area contributed by atoms with E-state index in [9.17, 15) is 14.4 Å². The lowest BCUT2D eigenvalue weighted by atomic mass is 10.1. The number of nitrogens with one attached hydrogen (secondary N) is 2. The summed E-state index contributed by atoms with van der Waals surface area (Å²) in [5.74, 6) is -2.38. The van der Waals surface area contributed by atoms with Crippen LogP contribution in [0.5, 0.6) is 0 Å². The van der Waals surface area contributed by atoms with E-state index in [1.54, 1.807) is 17.9 Å². The molecule has 4 N–H and O–H groups in total. The quantitative estimate of drug-likeness (QED) is 0.515. The van der Waals surface area contributed by atoms with Crippen LogP contribution in [0.3, 0.4) is 0 Å². The summed E-state index contributed by atoms with van der Waals surface area (Å²) in [4.78, 5) is 32.9. The molecule has 1 rings (SSSR count). The fourth-order valence-corrected chi connectivity index (χ4v) is 1.69. The van der Waals surface area contributed by atoms with Gasteiger partial charge in [-0.05, 0) is 12.5 Å². The van der Waals surface area contributed by atoms with Gasteiger partial charge in [0.15, 0.2) is 0 Å². The number of aryl methyl sites for hydroxylation is 1. The van der Waals surface area contributed by atoms with Gasteiger partial charge < -0.3 is 20.8 Å². The van der Waals surface area contributed by atoms with Gasteiger partial charge in [-0.1, -0.05) is 0 Å². The van der Waals surface area contributed by atoms with Gasteiger partial charge >= 0.3 is 18.0 Å². The van der Waals surface area contributed by atoms with E-state index >= 15 is 0 Å². The molecule has 0 saturated heterocycles. The molecule has 9 nitrogen and oxygen atoms in total. The predicted molar refractivity (Wildman–Crippen MR) is 71.7 cm³/mol. The van der Waals surface area contributed by atoms with Crippen molar-refractivity contribution in [2.45, 2.75) is 25.3 Å². The number of carbonyl (C=O) groups excluding carboxylic acids is 1. The Kier molecular flexibility index (Phi) is 6.18. The first-order valence-electron chi connectivity index (χ1n) is 6.36. The first-order valence-corrected chi connectivity index (χ1v) is 6.36. The highest BCUT2D eigenvalue weighted by Gasteiger charge is 2.20. The van der Waals surface area contributed by atoms with Crippen molar-refractivity contribution in [3.05, 3.63) is 18.0 Å². The fraction of sp³-hybridized carbons (Fsp3) is 0.500. The lowest BCUT2D eigenvalue weighted by Gasteiger charge is -2.14. The molecule has 0 aliphatic carbocycles. The topological polar surface area (TPSA) is 134 Å². The molecule has 0 aliphatic heterocycles. The Morgan fingerprint density at radius 1 is 1.38 bits per heavy atom. The molecule has 21 heavy (non-hydrogen) atoms. The number of nitrogens with zero attached hydrogens (tertiary/aromatic N) is 2. The number of hydrogen-bond donors (Lipinski definition) is 4. The molecule has 116 valence electrons. The minimum atomic E-state index is -1.27. The molecule has 0 saturated carbocycles. The highest BCUT2D eigenvalue weighted by Crippen LogP contribution is 1.99. The average Bonchev–Trinajstić information content (AvgIpc) is 2.79. The lowest BCUT2D eigenvalue weighted by molar-refractivity contribution is -0.140. The highest BCUT2D eigenvalue weighted by molar-refractivity contribution is 5.82. The summed E-state index contributed by atoms with van der Waals surface area (Å²) in [6, 6.07) is -0.0558. The largest absolute Gasteiger partial charge is 0.481 e. The van der Waals surface area contributed by atoms with E-state index in [-0.39, 0.29) is 12.8 Å². The van der Waals surface area contributed by atoms with E-state index < -0.39 is 24.0 Å². The molecule has 1 heterocycles. The van der Waals surface area contributed by atoms with Crippen molar-refractivity contribution in [2.75, 3.05) is 6.54 Å². The zero-order valence-electron chi connectivity index (χ0n) is 11.6. The minimum Gasteiger partial charge on any atom is -0.481 e. The van der Waals surface area contributed by atoms with Gasteiger partial charge in [-0.2, -0.15) is 5.10 Å². The van der Waals surface area contributed by atoms with Crippen molar-refractivity contribution < 1.29 is 24.6 Å². The second kappa shape index (κ2) is 7.88. The van der Waals surface area contributed by atoms with Gasteiger partial charge in [0, 0.05) is 38.3 Å². The molecular weight excluding hydrogens is 280 g/mol. The van der Waals surface area contributed by atoms with Crippen molar-refractivity contribution in [1.29, 1.82) is 0 Å². The van der Waals surface area contributed by atoms with Crippen LogP contribution in [-0.4, -0.2) is 50.5 Å². The molecule has 1 atom stereocenters. The Bertz CT molecular complexity index is 514. The van der Waals surface area contributed by atoms with Gasteiger partial charge in [-0.15, -0.1) is 0 Å². The standard InChI is InChI=1S/C12H18N4O5/c1-16-8(5-7-14-16)4-6-13-12(21)15-9(11(19)20)2-3-10(17)18/h5,7,9H,2-4,6H2,1H3,(H,17,18)(H,19,20)(H2,13,15,21)/t9-/m0/s1. The molecule has 0 spiro atoms. The molecule has 0 bridgehead atoms. The van der Waals surface area contributed by atoms with Crippen LogP contribution in [0.2, 0.25) is 0 Å². The number of urea groups is 1. The summed E-state index contributed by atoms with van der Waals surface area (Å²) in [7, 11) is 1.78. The zero-order valence-corrected chi connectivity index (χ0v) is 11.6. The molecule has 0 radical (unpaired) electrons. The fourth-order valence-electron chi connectivity index (χ4n) is 1.69. The Morgan fingerprint density at radius 3 is 2.62 bits per heavy atom. The van der Waals surface area contributed by atoms with E-state index in [1.807, 2.05) is 6.07 Å². The SMILES string of the molecule is Cn1nccc1CCNC(=O)N[C@@H](CCC(=O)O)C(=O)O. The second-order valence-corrected chi connectivity index (χ2v) is 4.42. The number of aromatic nitrogens is 2. The van der Waals surface area contributed by atoms with Gasteiger partial charge in [0.05, 0.1) is 0 Å². The van der Waals surface area contributed by atoms with E-state index in [4.69, 9.17) is 10.2 Å². The van der Waals surface area contributed by atoms with Gasteiger partial charge in [0.25, 0.3) is 0 Å². The third kappa shape index (κ3) is 5.93. The van der Waals surface area contributed by atoms with Crippen LogP contribution in [0, 0.1) is 0 Å². The number of hydrogen-bond acceptors (Lipinski definition) is 4. The molecule has 9 heteroatoms. The van der Waals surface area contributed by atoms with Crippen molar-refractivity contribution in [3.63, 3.8) is 0 Å². The van der Waals surface area contributed by atoms with Crippen molar-refractivity contribution in [2.24, 2.45) is 7.05 Å². The van der Waals surface area contributed by atoms with Gasteiger partial charge in [0.1, 0.15) is 6.04 Å². The summed E-state index contributed by atoms with van der Waals surface area (Å²) in [5, 5.41) is 26.2. The summed E-state index contributed by atoms with van der Waals surface area (Å²) in [5.41, 5.74) is 0.927. The van der Waals surface area contributed by atoms with Crippen molar-refractivity contribution in [3.8, 4) is 0 Å². The predicted octanol–water partition coefficient (Wildman–Crippen LogP) is -0.420. The highest BCUT2D eigenvalue weighted by atomic mass is 16.4.